The van der Waals surface area contributed by atoms with E-state index in [9.17, 15) is 4.79 Å². The number of guanidine groups is 1. The van der Waals surface area contributed by atoms with Crippen molar-refractivity contribution in [2.24, 2.45) is 4.99 Å². The Bertz CT molecular complexity index is 885. The summed E-state index contributed by atoms with van der Waals surface area (Å²) in [5.74, 6) is 3.03. The van der Waals surface area contributed by atoms with Crippen molar-refractivity contribution in [1.82, 2.24) is 10.6 Å². The van der Waals surface area contributed by atoms with Crippen LogP contribution < -0.4 is 16.0 Å². The fourth-order valence-electron chi connectivity index (χ4n) is 3.49. The lowest BCUT2D eigenvalue weighted by molar-refractivity contribution is -0.115. The second kappa shape index (κ2) is 10.9. The number of carbonyl (C=O) groups excluding carboxylic acids is 1. The number of hydrogen-bond donors (Lipinski definition) is 3. The molecule has 29 heavy (non-hydrogen) atoms. The normalized spacial score (nSPS) is 14.6. The lowest BCUT2D eigenvalue weighted by Gasteiger charge is -2.43. The van der Waals surface area contributed by atoms with E-state index in [0.29, 0.717) is 11.6 Å². The smallest absolute Gasteiger partial charge is 0.243 e. The third-order valence-corrected chi connectivity index (χ3v) is 5.24. The van der Waals surface area contributed by atoms with E-state index in [1.165, 1.54) is 12.0 Å². The van der Waals surface area contributed by atoms with Crippen LogP contribution in [0.5, 0.6) is 0 Å². The molecule has 1 fully saturated rings. The molecule has 0 atom stereocenters. The number of terminal acetylenes is 1. The van der Waals surface area contributed by atoms with Gasteiger partial charge in [0.2, 0.25) is 5.91 Å². The van der Waals surface area contributed by atoms with E-state index in [2.05, 4.69) is 51.1 Å². The van der Waals surface area contributed by atoms with Crippen LogP contribution in [0.3, 0.4) is 0 Å². The summed E-state index contributed by atoms with van der Waals surface area (Å²) in [6, 6.07) is 17.8. The summed E-state index contributed by atoms with van der Waals surface area (Å²) in [5.41, 5.74) is 2.92. The molecule has 152 valence electrons. The number of benzene rings is 2. The maximum absolute atomic E-state index is 12.2. The first-order chi connectivity index (χ1) is 13.6. The zero-order valence-electron chi connectivity index (χ0n) is 16.6. The van der Waals surface area contributed by atoms with Crippen LogP contribution in [0.25, 0.3) is 0 Å². The Morgan fingerprint density at radius 2 is 1.90 bits per heavy atom. The average Bonchev–Trinajstić information content (AvgIpc) is 2.70. The molecular formula is C23H27IN4O. The fourth-order valence-corrected chi connectivity index (χ4v) is 3.49. The van der Waals surface area contributed by atoms with Crippen LogP contribution in [0.15, 0.2) is 59.6 Å². The highest BCUT2D eigenvalue weighted by molar-refractivity contribution is 14.0. The molecule has 0 radical (unpaired) electrons. The van der Waals surface area contributed by atoms with Crippen molar-refractivity contribution in [3.05, 3.63) is 65.7 Å². The van der Waals surface area contributed by atoms with E-state index in [0.717, 1.165) is 24.9 Å². The highest BCUT2D eigenvalue weighted by atomic mass is 127. The molecule has 1 aliphatic rings. The van der Waals surface area contributed by atoms with Crippen LogP contribution in [0, 0.1) is 12.3 Å². The van der Waals surface area contributed by atoms with Crippen molar-refractivity contribution in [2.75, 3.05) is 25.5 Å². The second-order valence-corrected chi connectivity index (χ2v) is 7.05. The molecule has 0 heterocycles. The Morgan fingerprint density at radius 1 is 1.14 bits per heavy atom. The minimum Gasteiger partial charge on any atom is -0.356 e. The first-order valence-corrected chi connectivity index (χ1v) is 9.52. The molecule has 5 nitrogen and oxygen atoms in total. The molecule has 6 heteroatoms. The molecule has 3 N–H and O–H groups in total. The van der Waals surface area contributed by atoms with Crippen molar-refractivity contribution in [3.63, 3.8) is 0 Å². The summed E-state index contributed by atoms with van der Waals surface area (Å²) in [7, 11) is 1.71. The van der Waals surface area contributed by atoms with Gasteiger partial charge in [0.1, 0.15) is 0 Å². The molecule has 0 aromatic heterocycles. The summed E-state index contributed by atoms with van der Waals surface area (Å²) < 4.78 is 0. The van der Waals surface area contributed by atoms with Crippen molar-refractivity contribution >= 4 is 41.5 Å². The van der Waals surface area contributed by atoms with E-state index >= 15 is 0 Å². The molecule has 0 saturated heterocycles. The topological polar surface area (TPSA) is 65.5 Å². The maximum Gasteiger partial charge on any atom is 0.243 e. The summed E-state index contributed by atoms with van der Waals surface area (Å²) >= 11 is 0. The minimum atomic E-state index is -0.154. The Kier molecular flexibility index (Phi) is 8.52. The third kappa shape index (κ3) is 5.97. The highest BCUT2D eigenvalue weighted by Gasteiger charge is 2.38. The van der Waals surface area contributed by atoms with Crippen molar-refractivity contribution < 1.29 is 4.79 Å². The zero-order valence-corrected chi connectivity index (χ0v) is 18.9. The Balaban J connectivity index is 0.00000300. The Hall–Kier alpha value is -2.53. The van der Waals surface area contributed by atoms with E-state index in [1.807, 2.05) is 24.3 Å². The van der Waals surface area contributed by atoms with Crippen LogP contribution in [0.1, 0.15) is 30.4 Å². The number of aliphatic imine (C=N–C) groups is 1. The lowest BCUT2D eigenvalue weighted by atomic mass is 9.64. The van der Waals surface area contributed by atoms with Gasteiger partial charge in [0.05, 0.1) is 6.54 Å². The molecule has 1 amide bonds. The predicted octanol–water partition coefficient (Wildman–Crippen LogP) is 3.51. The van der Waals surface area contributed by atoms with Crippen LogP contribution in [-0.4, -0.2) is 32.0 Å². The summed E-state index contributed by atoms with van der Waals surface area (Å²) in [6.45, 7) is 0.917. The van der Waals surface area contributed by atoms with E-state index in [-0.39, 0.29) is 41.8 Å². The van der Waals surface area contributed by atoms with Crippen molar-refractivity contribution in [2.45, 2.75) is 24.7 Å². The predicted molar refractivity (Wildman–Crippen MR) is 130 cm³/mol. The van der Waals surface area contributed by atoms with E-state index in [1.54, 1.807) is 13.1 Å². The van der Waals surface area contributed by atoms with Gasteiger partial charge in [-0.15, -0.1) is 30.4 Å². The summed E-state index contributed by atoms with van der Waals surface area (Å²) in [5, 5.41) is 9.29. The van der Waals surface area contributed by atoms with Gasteiger partial charge in [-0.3, -0.25) is 9.79 Å². The number of nitrogens with one attached hydrogen (secondary N) is 3. The minimum absolute atomic E-state index is 0. The van der Waals surface area contributed by atoms with Crippen molar-refractivity contribution in [3.8, 4) is 12.3 Å². The number of carbonyl (C=O) groups is 1. The van der Waals surface area contributed by atoms with Crippen LogP contribution in [0.2, 0.25) is 0 Å². The largest absolute Gasteiger partial charge is 0.356 e. The van der Waals surface area contributed by atoms with Gasteiger partial charge >= 0.3 is 0 Å². The van der Waals surface area contributed by atoms with Crippen LogP contribution in [-0.2, 0) is 10.2 Å². The lowest BCUT2D eigenvalue weighted by Crippen LogP contribution is -2.49. The number of amides is 1. The standard InChI is InChI=1S/C23H26N4O.HI/c1-3-18-9-7-12-20(15-18)27-21(28)16-25-22(24-2)26-17-23(13-8-14-23)19-10-5-4-6-11-19;/h1,4-7,9-12,15H,8,13-14,16-17H2,2H3,(H,27,28)(H2,24,25,26);1H. The molecule has 0 unspecified atom stereocenters. The van der Waals surface area contributed by atoms with Gasteiger partial charge in [0, 0.05) is 30.3 Å². The molecule has 1 aliphatic carbocycles. The van der Waals surface area contributed by atoms with E-state index < -0.39 is 0 Å². The second-order valence-electron chi connectivity index (χ2n) is 7.05. The summed E-state index contributed by atoms with van der Waals surface area (Å²) in [4.78, 5) is 16.5. The number of rotatable bonds is 6. The molecule has 1 saturated carbocycles. The number of nitrogens with zero attached hydrogens (tertiary/aromatic N) is 1. The fraction of sp³-hybridized carbons (Fsp3) is 0.304. The highest BCUT2D eigenvalue weighted by Crippen LogP contribution is 2.43. The summed E-state index contributed by atoms with van der Waals surface area (Å²) in [6.07, 6.45) is 8.95. The molecule has 0 bridgehead atoms. The van der Waals surface area contributed by atoms with Gasteiger partial charge in [0.15, 0.2) is 5.96 Å². The van der Waals surface area contributed by atoms with Gasteiger partial charge in [-0.05, 0) is 36.6 Å². The molecule has 2 aromatic carbocycles. The van der Waals surface area contributed by atoms with Gasteiger partial charge in [0.25, 0.3) is 0 Å². The molecule has 0 spiro atoms. The molecule has 2 aromatic rings. The van der Waals surface area contributed by atoms with Gasteiger partial charge in [-0.2, -0.15) is 0 Å². The Morgan fingerprint density at radius 3 is 2.52 bits per heavy atom. The average molecular weight is 502 g/mol. The van der Waals surface area contributed by atoms with Gasteiger partial charge < -0.3 is 16.0 Å². The first kappa shape index (κ1) is 22.8. The van der Waals surface area contributed by atoms with E-state index in [4.69, 9.17) is 6.42 Å². The van der Waals surface area contributed by atoms with Gasteiger partial charge in [-0.25, -0.2) is 0 Å². The van der Waals surface area contributed by atoms with Gasteiger partial charge in [-0.1, -0.05) is 48.7 Å². The number of halogens is 1. The molecule has 0 aliphatic heterocycles. The number of anilines is 1. The first-order valence-electron chi connectivity index (χ1n) is 9.52. The monoisotopic (exact) mass is 502 g/mol. The Labute approximate surface area is 189 Å². The quantitative estimate of drug-likeness (QED) is 0.245. The number of hydrogen-bond acceptors (Lipinski definition) is 2. The zero-order chi connectivity index (χ0) is 19.8. The molecule has 3 rings (SSSR count). The maximum atomic E-state index is 12.2. The SMILES string of the molecule is C#Cc1cccc(NC(=O)CNC(=NC)NCC2(c3ccccc3)CCC2)c1.I. The third-order valence-electron chi connectivity index (χ3n) is 5.24. The van der Waals surface area contributed by atoms with Crippen LogP contribution in [0.4, 0.5) is 5.69 Å². The van der Waals surface area contributed by atoms with Crippen molar-refractivity contribution in [1.29, 1.82) is 0 Å². The molecular weight excluding hydrogens is 475 g/mol. The van der Waals surface area contributed by atoms with Crippen LogP contribution >= 0.6 is 24.0 Å².